The van der Waals surface area contributed by atoms with Gasteiger partial charge >= 0.3 is 5.97 Å². The van der Waals surface area contributed by atoms with Crippen molar-refractivity contribution in [2.24, 2.45) is 5.73 Å². The molecule has 0 bridgehead atoms. The van der Waals surface area contributed by atoms with Gasteiger partial charge in [-0.05, 0) is 18.6 Å². The standard InChI is InChI=1S/C9H12N2O3/c1-2-14-7-5-6(3-4-11-7)8(10)9(12)13/h3-5,8H,2,10H2,1H3,(H,12,13). The summed E-state index contributed by atoms with van der Waals surface area (Å²) in [5, 5.41) is 8.67. The molecule has 5 heteroatoms. The van der Waals surface area contributed by atoms with Crippen molar-refractivity contribution < 1.29 is 14.6 Å². The number of hydrogen-bond donors (Lipinski definition) is 2. The molecule has 14 heavy (non-hydrogen) atoms. The van der Waals surface area contributed by atoms with E-state index >= 15 is 0 Å². The second-order valence-electron chi connectivity index (χ2n) is 2.68. The number of carbonyl (C=O) groups is 1. The number of ether oxygens (including phenoxy) is 1. The minimum Gasteiger partial charge on any atom is -0.480 e. The number of aromatic nitrogens is 1. The number of rotatable bonds is 4. The predicted molar refractivity (Wildman–Crippen MR) is 50.0 cm³/mol. The third kappa shape index (κ3) is 2.43. The van der Waals surface area contributed by atoms with Crippen LogP contribution in [-0.2, 0) is 4.79 Å². The van der Waals surface area contributed by atoms with Crippen LogP contribution < -0.4 is 10.5 Å². The van der Waals surface area contributed by atoms with Crippen molar-refractivity contribution in [2.75, 3.05) is 6.61 Å². The molecule has 1 unspecified atom stereocenters. The van der Waals surface area contributed by atoms with Crippen molar-refractivity contribution in [3.63, 3.8) is 0 Å². The molecule has 0 aliphatic carbocycles. The molecule has 0 aliphatic rings. The quantitative estimate of drug-likeness (QED) is 0.735. The minimum atomic E-state index is -1.07. The Morgan fingerprint density at radius 3 is 3.07 bits per heavy atom. The summed E-state index contributed by atoms with van der Waals surface area (Å²) in [5.41, 5.74) is 5.90. The van der Waals surface area contributed by atoms with Gasteiger partial charge in [-0.15, -0.1) is 0 Å². The Morgan fingerprint density at radius 1 is 1.79 bits per heavy atom. The van der Waals surface area contributed by atoms with Crippen molar-refractivity contribution in [1.29, 1.82) is 0 Å². The molecule has 1 heterocycles. The fourth-order valence-electron chi connectivity index (χ4n) is 0.988. The molecule has 0 saturated heterocycles. The SMILES string of the molecule is CCOc1cc(C(N)C(=O)O)ccn1. The molecule has 76 valence electrons. The van der Waals surface area contributed by atoms with E-state index in [0.717, 1.165) is 0 Å². The van der Waals surface area contributed by atoms with Crippen LogP contribution in [0.5, 0.6) is 5.88 Å². The Bertz CT molecular complexity index is 328. The zero-order valence-corrected chi connectivity index (χ0v) is 7.80. The van der Waals surface area contributed by atoms with Crippen molar-refractivity contribution >= 4 is 5.97 Å². The zero-order chi connectivity index (χ0) is 10.6. The van der Waals surface area contributed by atoms with E-state index in [1.165, 1.54) is 12.3 Å². The molecule has 0 aliphatic heterocycles. The van der Waals surface area contributed by atoms with Crippen LogP contribution >= 0.6 is 0 Å². The molecule has 1 aromatic rings. The normalized spacial score (nSPS) is 12.1. The van der Waals surface area contributed by atoms with Crippen LogP contribution in [0.4, 0.5) is 0 Å². The molecular formula is C9H12N2O3. The van der Waals surface area contributed by atoms with Gasteiger partial charge in [0, 0.05) is 12.3 Å². The monoisotopic (exact) mass is 196 g/mol. The molecule has 0 aromatic carbocycles. The Balaban J connectivity index is 2.87. The fraction of sp³-hybridized carbons (Fsp3) is 0.333. The van der Waals surface area contributed by atoms with Gasteiger partial charge in [0.25, 0.3) is 0 Å². The number of nitrogens with two attached hydrogens (primary N) is 1. The fourth-order valence-corrected chi connectivity index (χ4v) is 0.988. The Hall–Kier alpha value is -1.62. The molecule has 0 radical (unpaired) electrons. The summed E-state index contributed by atoms with van der Waals surface area (Å²) in [6.07, 6.45) is 1.48. The Kier molecular flexibility index (Phi) is 3.41. The molecule has 1 aromatic heterocycles. The van der Waals surface area contributed by atoms with Crippen LogP contribution in [0, 0.1) is 0 Å². The number of aliphatic carboxylic acids is 1. The van der Waals surface area contributed by atoms with Gasteiger partial charge in [0.15, 0.2) is 0 Å². The lowest BCUT2D eigenvalue weighted by Gasteiger charge is -2.08. The highest BCUT2D eigenvalue weighted by Crippen LogP contribution is 2.15. The van der Waals surface area contributed by atoms with Gasteiger partial charge in [0.1, 0.15) is 6.04 Å². The van der Waals surface area contributed by atoms with Gasteiger partial charge in [-0.25, -0.2) is 4.98 Å². The number of carboxylic acids is 1. The number of carboxylic acid groups (broad SMARTS) is 1. The lowest BCUT2D eigenvalue weighted by molar-refractivity contribution is -0.138. The molecule has 1 atom stereocenters. The second kappa shape index (κ2) is 4.57. The van der Waals surface area contributed by atoms with Gasteiger partial charge in [-0.3, -0.25) is 4.79 Å². The largest absolute Gasteiger partial charge is 0.480 e. The van der Waals surface area contributed by atoms with Crippen LogP contribution in [0.3, 0.4) is 0 Å². The van der Waals surface area contributed by atoms with Crippen molar-refractivity contribution in [3.8, 4) is 5.88 Å². The lowest BCUT2D eigenvalue weighted by atomic mass is 10.1. The maximum atomic E-state index is 10.6. The molecule has 1 rings (SSSR count). The zero-order valence-electron chi connectivity index (χ0n) is 7.80. The van der Waals surface area contributed by atoms with Gasteiger partial charge in [0.2, 0.25) is 5.88 Å². The number of pyridine rings is 1. The van der Waals surface area contributed by atoms with Crippen LogP contribution in [-0.4, -0.2) is 22.7 Å². The van der Waals surface area contributed by atoms with Crippen LogP contribution in [0.15, 0.2) is 18.3 Å². The summed E-state index contributed by atoms with van der Waals surface area (Å²) in [7, 11) is 0. The first kappa shape index (κ1) is 10.5. The molecular weight excluding hydrogens is 184 g/mol. The highest BCUT2D eigenvalue weighted by molar-refractivity contribution is 5.75. The molecule has 3 N–H and O–H groups in total. The first-order chi connectivity index (χ1) is 6.65. The van der Waals surface area contributed by atoms with Gasteiger partial charge in [-0.2, -0.15) is 0 Å². The van der Waals surface area contributed by atoms with Crippen LogP contribution in [0.1, 0.15) is 18.5 Å². The average Bonchev–Trinajstić information content (AvgIpc) is 2.17. The van der Waals surface area contributed by atoms with E-state index in [1.807, 2.05) is 6.92 Å². The lowest BCUT2D eigenvalue weighted by Crippen LogP contribution is -2.20. The van der Waals surface area contributed by atoms with Crippen LogP contribution in [0.25, 0.3) is 0 Å². The summed E-state index contributed by atoms with van der Waals surface area (Å²) >= 11 is 0. The molecule has 0 saturated carbocycles. The molecule has 0 spiro atoms. The molecule has 0 fully saturated rings. The number of hydrogen-bond acceptors (Lipinski definition) is 4. The summed E-state index contributed by atoms with van der Waals surface area (Å²) in [6.45, 7) is 2.31. The highest BCUT2D eigenvalue weighted by atomic mass is 16.5. The summed E-state index contributed by atoms with van der Waals surface area (Å²) in [5.74, 6) is -0.680. The third-order valence-electron chi connectivity index (χ3n) is 1.68. The smallest absolute Gasteiger partial charge is 0.325 e. The van der Waals surface area contributed by atoms with E-state index in [9.17, 15) is 4.79 Å². The number of nitrogens with zero attached hydrogens (tertiary/aromatic N) is 1. The minimum absolute atomic E-state index is 0.390. The topological polar surface area (TPSA) is 85.4 Å². The van der Waals surface area contributed by atoms with Gasteiger partial charge in [0.05, 0.1) is 6.61 Å². The van der Waals surface area contributed by atoms with Crippen molar-refractivity contribution in [2.45, 2.75) is 13.0 Å². The van der Waals surface area contributed by atoms with Gasteiger partial charge < -0.3 is 15.6 Å². The Morgan fingerprint density at radius 2 is 2.50 bits per heavy atom. The first-order valence-corrected chi connectivity index (χ1v) is 4.22. The van der Waals surface area contributed by atoms with E-state index in [-0.39, 0.29) is 0 Å². The van der Waals surface area contributed by atoms with E-state index in [2.05, 4.69) is 4.98 Å². The third-order valence-corrected chi connectivity index (χ3v) is 1.68. The second-order valence-corrected chi connectivity index (χ2v) is 2.68. The van der Waals surface area contributed by atoms with E-state index in [0.29, 0.717) is 18.1 Å². The van der Waals surface area contributed by atoms with Crippen molar-refractivity contribution in [3.05, 3.63) is 23.9 Å². The van der Waals surface area contributed by atoms with E-state index < -0.39 is 12.0 Å². The average molecular weight is 196 g/mol. The molecule has 5 nitrogen and oxygen atoms in total. The van der Waals surface area contributed by atoms with E-state index in [1.54, 1.807) is 6.07 Å². The molecule has 0 amide bonds. The summed E-state index contributed by atoms with van der Waals surface area (Å²) < 4.78 is 5.12. The summed E-state index contributed by atoms with van der Waals surface area (Å²) in [6, 6.07) is 2.06. The van der Waals surface area contributed by atoms with Crippen molar-refractivity contribution in [1.82, 2.24) is 4.98 Å². The van der Waals surface area contributed by atoms with Crippen LogP contribution in [0.2, 0.25) is 0 Å². The van der Waals surface area contributed by atoms with Gasteiger partial charge in [-0.1, -0.05) is 0 Å². The summed E-state index contributed by atoms with van der Waals surface area (Å²) in [4.78, 5) is 14.5. The Labute approximate surface area is 81.5 Å². The maximum Gasteiger partial charge on any atom is 0.325 e. The van der Waals surface area contributed by atoms with E-state index in [4.69, 9.17) is 15.6 Å². The predicted octanol–water partition coefficient (Wildman–Crippen LogP) is 0.565. The first-order valence-electron chi connectivity index (χ1n) is 4.22. The maximum absolute atomic E-state index is 10.6. The highest BCUT2D eigenvalue weighted by Gasteiger charge is 2.14.